The van der Waals surface area contributed by atoms with E-state index in [0.29, 0.717) is 0 Å². The maximum absolute atomic E-state index is 2.61. The van der Waals surface area contributed by atoms with Crippen LogP contribution in [0.2, 0.25) is 0 Å². The highest BCUT2D eigenvalue weighted by Crippen LogP contribution is 2.51. The first-order chi connectivity index (χ1) is 31.0. The first-order valence-electron chi connectivity index (χ1n) is 22.1. The van der Waals surface area contributed by atoms with E-state index >= 15 is 0 Å². The molecular formula is C61H45NSi. The summed E-state index contributed by atoms with van der Waals surface area (Å²) in [5, 5.41) is 13.3. The Balaban J connectivity index is 0.979. The third kappa shape index (κ3) is 5.83. The van der Waals surface area contributed by atoms with E-state index in [-0.39, 0.29) is 5.41 Å². The molecule has 0 radical (unpaired) electrons. The highest BCUT2D eigenvalue weighted by Gasteiger charge is 2.41. The number of rotatable bonds is 8. The maximum atomic E-state index is 2.46. The van der Waals surface area contributed by atoms with Gasteiger partial charge < -0.3 is 4.90 Å². The molecule has 11 aromatic carbocycles. The number of hydrogen-bond acceptors (Lipinski definition) is 1. The number of fused-ring (bicyclic) bond motifs is 3. The van der Waals surface area contributed by atoms with Crippen molar-refractivity contribution in [1.82, 2.24) is 0 Å². The average Bonchev–Trinajstić information content (AvgIpc) is 3.57. The minimum atomic E-state index is -2.61. The molecule has 0 heterocycles. The average molecular weight is 820 g/mol. The van der Waals surface area contributed by atoms with Gasteiger partial charge in [-0.05, 0) is 123 Å². The topological polar surface area (TPSA) is 3.24 Å². The SMILES string of the molecule is CC1(C)c2ccccc2-c2ccc(N(c3ccc(-c4ccc([Si](c5ccccc5)(c5ccccc5)c5ccccc5)cc4)cc3)c3cc4ccc5cccc6ccc(c3)c4c56)cc21. The Labute approximate surface area is 370 Å². The van der Waals surface area contributed by atoms with Gasteiger partial charge in [0.25, 0.3) is 0 Å². The molecule has 12 rings (SSSR count). The highest BCUT2D eigenvalue weighted by atomic mass is 28.3. The fourth-order valence-electron chi connectivity index (χ4n) is 10.9. The molecule has 0 spiro atoms. The van der Waals surface area contributed by atoms with Crippen LogP contribution in [0.3, 0.4) is 0 Å². The van der Waals surface area contributed by atoms with Crippen LogP contribution in [0.5, 0.6) is 0 Å². The summed E-state index contributed by atoms with van der Waals surface area (Å²) in [6.07, 6.45) is 0. The van der Waals surface area contributed by atoms with Crippen LogP contribution in [0.25, 0.3) is 54.6 Å². The van der Waals surface area contributed by atoms with Gasteiger partial charge in [-0.3, -0.25) is 0 Å². The summed E-state index contributed by atoms with van der Waals surface area (Å²) in [6.45, 7) is 4.73. The molecule has 63 heavy (non-hydrogen) atoms. The van der Waals surface area contributed by atoms with Gasteiger partial charge in [-0.2, -0.15) is 0 Å². The molecule has 0 aromatic heterocycles. The molecule has 0 atom stereocenters. The fraction of sp³-hybridized carbons (Fsp3) is 0.0492. The van der Waals surface area contributed by atoms with Crippen LogP contribution in [0.4, 0.5) is 17.1 Å². The lowest BCUT2D eigenvalue weighted by atomic mass is 9.82. The second kappa shape index (κ2) is 14.5. The molecular weight excluding hydrogens is 775 g/mol. The van der Waals surface area contributed by atoms with Gasteiger partial charge in [-0.15, -0.1) is 0 Å². The van der Waals surface area contributed by atoms with E-state index in [0.717, 1.165) is 17.1 Å². The number of hydrogen-bond donors (Lipinski definition) is 0. The van der Waals surface area contributed by atoms with Gasteiger partial charge in [0, 0.05) is 22.5 Å². The van der Waals surface area contributed by atoms with E-state index in [1.807, 2.05) is 0 Å². The molecule has 0 bridgehead atoms. The molecule has 0 saturated carbocycles. The van der Waals surface area contributed by atoms with Gasteiger partial charge in [-0.1, -0.05) is 214 Å². The zero-order chi connectivity index (χ0) is 42.1. The van der Waals surface area contributed by atoms with Gasteiger partial charge in [-0.25, -0.2) is 0 Å². The Morgan fingerprint density at radius 1 is 0.317 bits per heavy atom. The van der Waals surface area contributed by atoms with Gasteiger partial charge in [0.05, 0.1) is 0 Å². The Kier molecular flexibility index (Phi) is 8.60. The van der Waals surface area contributed by atoms with E-state index in [2.05, 4.69) is 255 Å². The van der Waals surface area contributed by atoms with Crippen molar-refractivity contribution in [2.24, 2.45) is 0 Å². The van der Waals surface area contributed by atoms with Crippen LogP contribution in [-0.4, -0.2) is 8.07 Å². The van der Waals surface area contributed by atoms with Crippen LogP contribution in [-0.2, 0) is 5.41 Å². The van der Waals surface area contributed by atoms with Gasteiger partial charge in [0.2, 0.25) is 0 Å². The highest BCUT2D eigenvalue weighted by molar-refractivity contribution is 7.19. The lowest BCUT2D eigenvalue weighted by Gasteiger charge is -2.34. The fourth-order valence-corrected chi connectivity index (χ4v) is 15.7. The first-order valence-corrected chi connectivity index (χ1v) is 24.1. The summed E-state index contributed by atoms with van der Waals surface area (Å²) < 4.78 is 0. The third-order valence-electron chi connectivity index (χ3n) is 13.9. The molecule has 11 aromatic rings. The van der Waals surface area contributed by atoms with E-state index < -0.39 is 8.07 Å². The zero-order valence-corrected chi connectivity index (χ0v) is 36.5. The van der Waals surface area contributed by atoms with Gasteiger partial charge >= 0.3 is 0 Å². The van der Waals surface area contributed by atoms with E-state index in [1.165, 1.54) is 86.4 Å². The maximum Gasteiger partial charge on any atom is 0.179 e. The predicted octanol–water partition coefficient (Wildman–Crippen LogP) is 13.4. The lowest BCUT2D eigenvalue weighted by molar-refractivity contribution is 0.660. The molecule has 0 unspecified atom stereocenters. The summed E-state index contributed by atoms with van der Waals surface area (Å²) in [6, 6.07) is 88.6. The number of nitrogens with zero attached hydrogens (tertiary/aromatic N) is 1. The molecule has 0 amide bonds. The summed E-state index contributed by atoms with van der Waals surface area (Å²) in [7, 11) is -2.61. The van der Waals surface area contributed by atoms with Crippen molar-refractivity contribution in [3.63, 3.8) is 0 Å². The van der Waals surface area contributed by atoms with Crippen LogP contribution >= 0.6 is 0 Å². The number of benzene rings is 11. The van der Waals surface area contributed by atoms with Crippen LogP contribution in [0.15, 0.2) is 237 Å². The van der Waals surface area contributed by atoms with Crippen molar-refractivity contribution in [2.75, 3.05) is 4.90 Å². The zero-order valence-electron chi connectivity index (χ0n) is 35.5. The van der Waals surface area contributed by atoms with Crippen molar-refractivity contribution in [3.05, 3.63) is 248 Å². The molecule has 0 fully saturated rings. The minimum absolute atomic E-state index is 0.112. The predicted molar refractivity (Wildman–Crippen MR) is 271 cm³/mol. The quantitative estimate of drug-likeness (QED) is 0.0839. The van der Waals surface area contributed by atoms with Crippen molar-refractivity contribution in [2.45, 2.75) is 19.3 Å². The summed E-state index contributed by atoms with van der Waals surface area (Å²) in [5.74, 6) is 0. The van der Waals surface area contributed by atoms with E-state index in [1.54, 1.807) is 0 Å². The lowest BCUT2D eigenvalue weighted by Crippen LogP contribution is -2.74. The Hall–Kier alpha value is -7.52. The number of anilines is 3. The van der Waals surface area contributed by atoms with Crippen LogP contribution in [0, 0.1) is 0 Å². The molecule has 1 aliphatic carbocycles. The molecule has 298 valence electrons. The smallest absolute Gasteiger partial charge is 0.179 e. The molecule has 0 N–H and O–H groups in total. The second-order valence-electron chi connectivity index (χ2n) is 17.7. The van der Waals surface area contributed by atoms with Crippen molar-refractivity contribution in [1.29, 1.82) is 0 Å². The first kappa shape index (κ1) is 37.3. The normalized spacial score (nSPS) is 13.0. The minimum Gasteiger partial charge on any atom is -0.310 e. The largest absolute Gasteiger partial charge is 0.310 e. The Bertz CT molecular complexity index is 3290. The van der Waals surface area contributed by atoms with E-state index in [4.69, 9.17) is 0 Å². The van der Waals surface area contributed by atoms with Gasteiger partial charge in [0.15, 0.2) is 8.07 Å². The summed E-state index contributed by atoms with van der Waals surface area (Å²) in [5.41, 5.74) is 11.1. The van der Waals surface area contributed by atoms with Gasteiger partial charge in [0.1, 0.15) is 0 Å². The summed E-state index contributed by atoms with van der Waals surface area (Å²) >= 11 is 0. The van der Waals surface area contributed by atoms with Crippen molar-refractivity contribution in [3.8, 4) is 22.3 Å². The Morgan fingerprint density at radius 2 is 0.762 bits per heavy atom. The molecule has 1 aliphatic rings. The standard InChI is InChI=1S/C61H45NSi/c1-61(2)57-24-13-12-23-55(57)56-38-35-49(41-58(56)61)62(50-39-46-27-25-44-15-14-16-45-26-28-47(40-50)60(46)59(44)45)48-33-29-42(30-34-48)43-31-36-54(37-32-43)63(51-17-6-3-7-18-51,52-19-8-4-9-20-52)53-21-10-5-11-22-53/h3-41H,1-2H3. The van der Waals surface area contributed by atoms with Crippen molar-refractivity contribution < 1.29 is 0 Å². The monoisotopic (exact) mass is 819 g/mol. The Morgan fingerprint density at radius 3 is 1.33 bits per heavy atom. The van der Waals surface area contributed by atoms with Crippen LogP contribution < -0.4 is 25.6 Å². The van der Waals surface area contributed by atoms with Crippen LogP contribution in [0.1, 0.15) is 25.0 Å². The molecule has 0 saturated heterocycles. The molecule has 0 aliphatic heterocycles. The summed E-state index contributed by atoms with van der Waals surface area (Å²) in [4.78, 5) is 2.46. The molecule has 2 heteroatoms. The molecule has 1 nitrogen and oxygen atoms in total. The third-order valence-corrected chi connectivity index (χ3v) is 18.7. The van der Waals surface area contributed by atoms with E-state index in [9.17, 15) is 0 Å². The van der Waals surface area contributed by atoms with Crippen molar-refractivity contribution >= 4 is 78.2 Å². The second-order valence-corrected chi connectivity index (χ2v) is 21.5.